The molecule has 0 spiro atoms. The Kier molecular flexibility index (Phi) is 4.65. The van der Waals surface area contributed by atoms with Gasteiger partial charge in [-0.25, -0.2) is 4.98 Å². The number of aromatic nitrogens is 1. The molecule has 8 heteroatoms. The van der Waals surface area contributed by atoms with Gasteiger partial charge in [0.1, 0.15) is 6.10 Å². The van der Waals surface area contributed by atoms with Crippen LogP contribution in [0.2, 0.25) is 0 Å². The second-order valence-electron chi connectivity index (χ2n) is 7.03. The van der Waals surface area contributed by atoms with Gasteiger partial charge in [0.2, 0.25) is 0 Å². The Labute approximate surface area is 156 Å². The second kappa shape index (κ2) is 7.11. The Morgan fingerprint density at radius 1 is 1.30 bits per heavy atom. The number of benzene rings is 1. The molecule has 1 atom stereocenters. The fraction of sp³-hybridized carbons (Fsp3) is 0.474. The molecule has 0 N–H and O–H groups in total. The third-order valence-electron chi connectivity index (χ3n) is 5.26. The number of nitrogens with zero attached hydrogens (tertiary/aromatic N) is 4. The highest BCUT2D eigenvalue weighted by atomic mass is 16.6. The minimum atomic E-state index is -0.392. The lowest BCUT2D eigenvalue weighted by Crippen LogP contribution is -2.51. The number of pyridine rings is 1. The molecule has 2 fully saturated rings. The first-order valence-corrected chi connectivity index (χ1v) is 9.24. The van der Waals surface area contributed by atoms with Crippen LogP contribution in [0.1, 0.15) is 18.5 Å². The molecule has 2 saturated heterocycles. The van der Waals surface area contributed by atoms with E-state index in [4.69, 9.17) is 4.74 Å². The lowest BCUT2D eigenvalue weighted by molar-refractivity contribution is -0.383. The smallest absolute Gasteiger partial charge is 0.295 e. The van der Waals surface area contributed by atoms with Crippen LogP contribution < -0.4 is 4.90 Å². The first-order chi connectivity index (χ1) is 13.0. The number of nitro groups is 1. The Balaban J connectivity index is 1.58. The molecule has 27 heavy (non-hydrogen) atoms. The molecule has 1 aromatic carbocycles. The Hall–Kier alpha value is -2.74. The predicted molar refractivity (Wildman–Crippen MR) is 101 cm³/mol. The fourth-order valence-corrected chi connectivity index (χ4v) is 3.89. The van der Waals surface area contributed by atoms with Crippen LogP contribution in [0.15, 0.2) is 24.3 Å². The molecular weight excluding hydrogens is 348 g/mol. The van der Waals surface area contributed by atoms with Crippen molar-refractivity contribution in [3.05, 3.63) is 40.1 Å². The van der Waals surface area contributed by atoms with E-state index in [2.05, 4.69) is 9.88 Å². The fourth-order valence-electron chi connectivity index (χ4n) is 3.89. The molecule has 2 aromatic rings. The number of rotatable bonds is 3. The van der Waals surface area contributed by atoms with E-state index in [1.165, 1.54) is 6.07 Å². The molecular formula is C19H22N4O4. The van der Waals surface area contributed by atoms with Gasteiger partial charge in [-0.15, -0.1) is 0 Å². The van der Waals surface area contributed by atoms with Crippen molar-refractivity contribution in [2.24, 2.45) is 0 Å². The van der Waals surface area contributed by atoms with E-state index in [0.717, 1.165) is 29.6 Å². The van der Waals surface area contributed by atoms with Gasteiger partial charge in [-0.2, -0.15) is 0 Å². The van der Waals surface area contributed by atoms with Crippen molar-refractivity contribution < 1.29 is 14.5 Å². The maximum Gasteiger partial charge on any atom is 0.295 e. The van der Waals surface area contributed by atoms with Crippen molar-refractivity contribution in [1.82, 2.24) is 9.88 Å². The number of para-hydroxylation sites is 1. The van der Waals surface area contributed by atoms with Crippen LogP contribution in [0.4, 0.5) is 11.4 Å². The normalized spacial score (nSPS) is 20.3. The maximum absolute atomic E-state index is 12.5. The minimum Gasteiger partial charge on any atom is -0.368 e. The molecule has 142 valence electrons. The van der Waals surface area contributed by atoms with Gasteiger partial charge < -0.3 is 14.5 Å². The van der Waals surface area contributed by atoms with E-state index >= 15 is 0 Å². The maximum atomic E-state index is 12.5. The molecule has 0 saturated carbocycles. The summed E-state index contributed by atoms with van der Waals surface area (Å²) >= 11 is 0. The third-order valence-corrected chi connectivity index (χ3v) is 5.26. The molecule has 1 aromatic heterocycles. The first kappa shape index (κ1) is 17.7. The van der Waals surface area contributed by atoms with Gasteiger partial charge in [0.25, 0.3) is 11.6 Å². The number of amides is 1. The summed E-state index contributed by atoms with van der Waals surface area (Å²) < 4.78 is 5.51. The zero-order valence-corrected chi connectivity index (χ0v) is 15.3. The van der Waals surface area contributed by atoms with Crippen LogP contribution in [0.25, 0.3) is 10.9 Å². The number of hydrogen-bond acceptors (Lipinski definition) is 6. The zero-order chi connectivity index (χ0) is 19.0. The zero-order valence-electron chi connectivity index (χ0n) is 15.3. The molecule has 1 unspecified atom stereocenters. The average molecular weight is 370 g/mol. The van der Waals surface area contributed by atoms with Gasteiger partial charge >= 0.3 is 0 Å². The van der Waals surface area contributed by atoms with Crippen LogP contribution in [0.5, 0.6) is 0 Å². The number of aryl methyl sites for hydroxylation is 1. The van der Waals surface area contributed by atoms with Crippen LogP contribution in [-0.4, -0.2) is 59.6 Å². The number of piperazine rings is 1. The molecule has 8 nitrogen and oxygen atoms in total. The molecule has 0 bridgehead atoms. The lowest BCUT2D eigenvalue weighted by atomic mass is 10.1. The predicted octanol–water partition coefficient (Wildman–Crippen LogP) is 2.28. The first-order valence-electron chi connectivity index (χ1n) is 9.24. The molecule has 2 aliphatic heterocycles. The van der Waals surface area contributed by atoms with Crippen molar-refractivity contribution in [3.8, 4) is 0 Å². The number of anilines is 1. The van der Waals surface area contributed by atoms with E-state index in [1.54, 1.807) is 6.07 Å². The average Bonchev–Trinajstić information content (AvgIpc) is 3.21. The van der Waals surface area contributed by atoms with E-state index in [9.17, 15) is 14.9 Å². The Morgan fingerprint density at radius 3 is 2.74 bits per heavy atom. The third kappa shape index (κ3) is 3.32. The number of non-ortho nitro benzene ring substituents is 1. The highest BCUT2D eigenvalue weighted by molar-refractivity contribution is 5.97. The molecule has 0 radical (unpaired) electrons. The van der Waals surface area contributed by atoms with Crippen LogP contribution in [-0.2, 0) is 9.53 Å². The molecule has 4 rings (SSSR count). The summed E-state index contributed by atoms with van der Waals surface area (Å²) in [5, 5.41) is 12.1. The summed E-state index contributed by atoms with van der Waals surface area (Å²) in [5.41, 5.74) is 2.11. The van der Waals surface area contributed by atoms with Gasteiger partial charge in [-0.05, 0) is 25.8 Å². The van der Waals surface area contributed by atoms with Gasteiger partial charge in [-0.1, -0.05) is 12.1 Å². The standard InChI is InChI=1S/C19H22N4O4/c1-13-12-16(14-4-2-5-15(23(25)26)18(14)20-13)21-7-9-22(10-8-21)19(24)17-6-3-11-27-17/h2,4-5,12,17H,3,6-11H2,1H3. The van der Waals surface area contributed by atoms with Crippen LogP contribution in [0, 0.1) is 17.0 Å². The summed E-state index contributed by atoms with van der Waals surface area (Å²) in [6, 6.07) is 7.01. The minimum absolute atomic E-state index is 0.0182. The summed E-state index contributed by atoms with van der Waals surface area (Å²) in [4.78, 5) is 31.9. The highest BCUT2D eigenvalue weighted by Crippen LogP contribution is 2.32. The highest BCUT2D eigenvalue weighted by Gasteiger charge is 2.31. The molecule has 1 amide bonds. The van der Waals surface area contributed by atoms with Crippen molar-refractivity contribution in [1.29, 1.82) is 0 Å². The number of hydrogen-bond donors (Lipinski definition) is 0. The van der Waals surface area contributed by atoms with Crippen molar-refractivity contribution in [3.63, 3.8) is 0 Å². The number of nitro benzene ring substituents is 1. The Bertz CT molecular complexity index is 887. The number of carbonyl (C=O) groups excluding carboxylic acids is 1. The van der Waals surface area contributed by atoms with E-state index < -0.39 is 4.92 Å². The lowest BCUT2D eigenvalue weighted by Gasteiger charge is -2.37. The summed E-state index contributed by atoms with van der Waals surface area (Å²) in [6.45, 7) is 5.11. The second-order valence-corrected chi connectivity index (χ2v) is 7.03. The SMILES string of the molecule is Cc1cc(N2CCN(C(=O)C3CCCO3)CC2)c2cccc([N+](=O)[O-])c2n1. The van der Waals surface area contributed by atoms with Crippen LogP contribution >= 0.6 is 0 Å². The molecule has 2 aliphatic rings. The summed E-state index contributed by atoms with van der Waals surface area (Å²) in [7, 11) is 0. The van der Waals surface area contributed by atoms with Gasteiger partial charge in [0.15, 0.2) is 5.52 Å². The molecule has 3 heterocycles. The number of ether oxygens (including phenoxy) is 1. The van der Waals surface area contributed by atoms with E-state index in [-0.39, 0.29) is 17.7 Å². The Morgan fingerprint density at radius 2 is 2.07 bits per heavy atom. The molecule has 0 aliphatic carbocycles. The van der Waals surface area contributed by atoms with Crippen LogP contribution in [0.3, 0.4) is 0 Å². The monoisotopic (exact) mass is 370 g/mol. The van der Waals surface area contributed by atoms with E-state index in [1.807, 2.05) is 24.0 Å². The van der Waals surface area contributed by atoms with Gasteiger partial charge in [0, 0.05) is 55.6 Å². The quantitative estimate of drug-likeness (QED) is 0.608. The van der Waals surface area contributed by atoms with Crippen molar-refractivity contribution in [2.75, 3.05) is 37.7 Å². The topological polar surface area (TPSA) is 88.8 Å². The van der Waals surface area contributed by atoms with E-state index in [0.29, 0.717) is 38.3 Å². The number of carbonyl (C=O) groups is 1. The largest absolute Gasteiger partial charge is 0.368 e. The number of fused-ring (bicyclic) bond motifs is 1. The van der Waals surface area contributed by atoms with Gasteiger partial charge in [-0.3, -0.25) is 14.9 Å². The van der Waals surface area contributed by atoms with Gasteiger partial charge in [0.05, 0.1) is 4.92 Å². The van der Waals surface area contributed by atoms with Crippen molar-refractivity contribution >= 4 is 28.2 Å². The van der Waals surface area contributed by atoms with Crippen molar-refractivity contribution in [2.45, 2.75) is 25.9 Å². The summed E-state index contributed by atoms with van der Waals surface area (Å²) in [6.07, 6.45) is 1.46. The summed E-state index contributed by atoms with van der Waals surface area (Å²) in [5.74, 6) is 0.0820.